The average Bonchev–Trinajstić information content (AvgIpc) is 2.30. The third kappa shape index (κ3) is 3.54. The number of ether oxygens (including phenoxy) is 1. The largest absolute Gasteiger partial charge is 0.372 e. The van der Waals surface area contributed by atoms with Gasteiger partial charge < -0.3 is 15.4 Å². The molecule has 1 fully saturated rings. The minimum absolute atomic E-state index is 0.0848. The van der Waals surface area contributed by atoms with Crippen LogP contribution in [0.25, 0.3) is 0 Å². The van der Waals surface area contributed by atoms with Crippen LogP contribution in [0.2, 0.25) is 0 Å². The molecule has 0 bridgehead atoms. The van der Waals surface area contributed by atoms with E-state index < -0.39 is 0 Å². The fourth-order valence-electron chi connectivity index (χ4n) is 2.24. The first kappa shape index (κ1) is 14.0. The fraction of sp³-hybridized carbons (Fsp3) is 0.692. The number of aromatic nitrogens is 2. The predicted molar refractivity (Wildman–Crippen MR) is 74.4 cm³/mol. The van der Waals surface area contributed by atoms with E-state index in [9.17, 15) is 4.79 Å². The average molecular weight is 266 g/mol. The summed E-state index contributed by atoms with van der Waals surface area (Å²) < 4.78 is 7.06. The summed E-state index contributed by atoms with van der Waals surface area (Å²) >= 11 is 0. The zero-order chi connectivity index (χ0) is 14.0. The van der Waals surface area contributed by atoms with E-state index >= 15 is 0 Å². The first-order valence-electron chi connectivity index (χ1n) is 6.59. The van der Waals surface area contributed by atoms with E-state index in [0.29, 0.717) is 13.2 Å². The monoisotopic (exact) mass is 266 g/mol. The minimum atomic E-state index is -0.196. The van der Waals surface area contributed by atoms with Crippen LogP contribution in [-0.4, -0.2) is 41.1 Å². The molecule has 6 nitrogen and oxygen atoms in total. The maximum atomic E-state index is 12.0. The van der Waals surface area contributed by atoms with E-state index in [1.54, 1.807) is 12.3 Å². The zero-order valence-corrected chi connectivity index (χ0v) is 11.8. The van der Waals surface area contributed by atoms with Gasteiger partial charge >= 0.3 is 0 Å². The lowest BCUT2D eigenvalue weighted by atomic mass is 10.1. The second kappa shape index (κ2) is 5.30. The normalized spacial score (nSPS) is 20.3. The minimum Gasteiger partial charge on any atom is -0.372 e. The lowest BCUT2D eigenvalue weighted by Gasteiger charge is -2.39. The Morgan fingerprint density at radius 1 is 1.58 bits per heavy atom. The smallest absolute Gasteiger partial charge is 0.268 e. The Bertz CT molecular complexity index is 496. The number of hydrogen-bond acceptors (Lipinski definition) is 5. The van der Waals surface area contributed by atoms with Gasteiger partial charge in [0.15, 0.2) is 0 Å². The van der Waals surface area contributed by atoms with E-state index in [2.05, 4.69) is 10.00 Å². The van der Waals surface area contributed by atoms with E-state index in [1.807, 2.05) is 20.8 Å². The maximum absolute atomic E-state index is 12.0. The molecule has 6 heteroatoms. The lowest BCUT2D eigenvalue weighted by molar-refractivity contribution is -0.0277. The second-order valence-corrected chi connectivity index (χ2v) is 5.74. The molecule has 1 atom stereocenters. The van der Waals surface area contributed by atoms with Gasteiger partial charge in [-0.05, 0) is 20.8 Å². The molecule has 1 aliphatic heterocycles. The quantitative estimate of drug-likeness (QED) is 0.846. The Morgan fingerprint density at radius 2 is 2.32 bits per heavy atom. The molecule has 1 unspecified atom stereocenters. The summed E-state index contributed by atoms with van der Waals surface area (Å²) in [5.41, 5.74) is 6.22. The predicted octanol–water partition coefficient (Wildman–Crippen LogP) is 0.206. The van der Waals surface area contributed by atoms with Crippen LogP contribution in [0.4, 0.5) is 5.69 Å². The first-order chi connectivity index (χ1) is 8.87. The van der Waals surface area contributed by atoms with Gasteiger partial charge in [-0.1, -0.05) is 0 Å². The van der Waals surface area contributed by atoms with Crippen LogP contribution in [0.1, 0.15) is 20.8 Å². The van der Waals surface area contributed by atoms with Crippen LogP contribution in [0, 0.1) is 0 Å². The van der Waals surface area contributed by atoms with Gasteiger partial charge in [0.1, 0.15) is 0 Å². The van der Waals surface area contributed by atoms with Crippen molar-refractivity contribution in [2.45, 2.75) is 39.0 Å². The number of morpholine rings is 1. The van der Waals surface area contributed by atoms with E-state index in [1.165, 1.54) is 4.68 Å². The first-order valence-corrected chi connectivity index (χ1v) is 6.59. The number of hydrogen-bond donors (Lipinski definition) is 1. The van der Waals surface area contributed by atoms with Crippen molar-refractivity contribution >= 4 is 5.69 Å². The van der Waals surface area contributed by atoms with Gasteiger partial charge in [-0.25, -0.2) is 4.68 Å². The molecule has 0 aliphatic carbocycles. The number of rotatable bonds is 3. The molecular weight excluding hydrogens is 244 g/mol. The van der Waals surface area contributed by atoms with Crippen molar-refractivity contribution in [1.29, 1.82) is 0 Å². The molecule has 1 saturated heterocycles. The number of nitrogens with zero attached hydrogens (tertiary/aromatic N) is 3. The fourth-order valence-corrected chi connectivity index (χ4v) is 2.24. The molecule has 0 spiro atoms. The van der Waals surface area contributed by atoms with E-state index in [0.717, 1.165) is 18.8 Å². The van der Waals surface area contributed by atoms with Crippen LogP contribution >= 0.6 is 0 Å². The van der Waals surface area contributed by atoms with Crippen LogP contribution in [0.3, 0.4) is 0 Å². The molecule has 2 N–H and O–H groups in total. The number of anilines is 1. The third-order valence-electron chi connectivity index (χ3n) is 3.11. The summed E-state index contributed by atoms with van der Waals surface area (Å²) in [6.07, 6.45) is 1.73. The molecule has 0 saturated carbocycles. The summed E-state index contributed by atoms with van der Waals surface area (Å²) in [6.45, 7) is 8.58. The molecular formula is C13H22N4O2. The standard InChI is InChI=1S/C13H22N4O2/c1-10(14)8-17-12(18)6-11(7-15-17)16-4-5-19-13(2,3)9-16/h6-7,10H,4-5,8-9,14H2,1-3H3. The Balaban J connectivity index is 2.18. The molecule has 1 aliphatic rings. The van der Waals surface area contributed by atoms with Crippen molar-refractivity contribution in [3.8, 4) is 0 Å². The highest BCUT2D eigenvalue weighted by molar-refractivity contribution is 5.43. The molecule has 0 amide bonds. The van der Waals surface area contributed by atoms with Crippen LogP contribution in [0.15, 0.2) is 17.1 Å². The Hall–Kier alpha value is -1.40. The summed E-state index contributed by atoms with van der Waals surface area (Å²) in [6, 6.07) is 1.54. The van der Waals surface area contributed by atoms with Crippen molar-refractivity contribution in [2.24, 2.45) is 5.73 Å². The molecule has 106 valence electrons. The van der Waals surface area contributed by atoms with Crippen LogP contribution < -0.4 is 16.2 Å². The zero-order valence-electron chi connectivity index (χ0n) is 11.8. The molecule has 0 aromatic carbocycles. The van der Waals surface area contributed by atoms with Crippen molar-refractivity contribution in [3.63, 3.8) is 0 Å². The molecule has 2 rings (SSSR count). The highest BCUT2D eigenvalue weighted by Gasteiger charge is 2.27. The summed E-state index contributed by atoms with van der Waals surface area (Å²) in [5.74, 6) is 0. The van der Waals surface area contributed by atoms with Crippen LogP contribution in [-0.2, 0) is 11.3 Å². The second-order valence-electron chi connectivity index (χ2n) is 5.74. The van der Waals surface area contributed by atoms with Gasteiger partial charge in [-0.15, -0.1) is 0 Å². The van der Waals surface area contributed by atoms with E-state index in [4.69, 9.17) is 10.5 Å². The van der Waals surface area contributed by atoms with E-state index in [-0.39, 0.29) is 17.2 Å². The molecule has 1 aromatic heterocycles. The third-order valence-corrected chi connectivity index (χ3v) is 3.11. The summed E-state index contributed by atoms with van der Waals surface area (Å²) in [5, 5.41) is 4.18. The van der Waals surface area contributed by atoms with Crippen molar-refractivity contribution in [3.05, 3.63) is 22.6 Å². The molecule has 19 heavy (non-hydrogen) atoms. The van der Waals surface area contributed by atoms with Crippen molar-refractivity contribution in [2.75, 3.05) is 24.6 Å². The Morgan fingerprint density at radius 3 is 2.89 bits per heavy atom. The van der Waals surface area contributed by atoms with Gasteiger partial charge in [0, 0.05) is 25.2 Å². The topological polar surface area (TPSA) is 73.4 Å². The summed E-state index contributed by atoms with van der Waals surface area (Å²) in [7, 11) is 0. The Labute approximate surface area is 113 Å². The van der Waals surface area contributed by atoms with Crippen molar-refractivity contribution < 1.29 is 4.74 Å². The molecule has 1 aromatic rings. The van der Waals surface area contributed by atoms with Gasteiger partial charge in [0.05, 0.1) is 30.6 Å². The van der Waals surface area contributed by atoms with Gasteiger partial charge in [-0.3, -0.25) is 4.79 Å². The molecule has 0 radical (unpaired) electrons. The van der Waals surface area contributed by atoms with Crippen LogP contribution in [0.5, 0.6) is 0 Å². The summed E-state index contributed by atoms with van der Waals surface area (Å²) in [4.78, 5) is 14.1. The molecule has 2 heterocycles. The lowest BCUT2D eigenvalue weighted by Crippen LogP contribution is -2.48. The van der Waals surface area contributed by atoms with Gasteiger partial charge in [0.25, 0.3) is 5.56 Å². The highest BCUT2D eigenvalue weighted by Crippen LogP contribution is 2.21. The highest BCUT2D eigenvalue weighted by atomic mass is 16.5. The Kier molecular flexibility index (Phi) is 3.91. The SMILES string of the molecule is CC(N)Cn1ncc(N2CCOC(C)(C)C2)cc1=O. The van der Waals surface area contributed by atoms with Gasteiger partial charge in [0.2, 0.25) is 0 Å². The number of nitrogens with two attached hydrogens (primary N) is 1. The van der Waals surface area contributed by atoms with Crippen molar-refractivity contribution in [1.82, 2.24) is 9.78 Å². The van der Waals surface area contributed by atoms with Gasteiger partial charge in [-0.2, -0.15) is 5.10 Å². The maximum Gasteiger partial charge on any atom is 0.268 e.